The van der Waals surface area contributed by atoms with Gasteiger partial charge in [-0.15, -0.1) is 0 Å². The maximum Gasteiger partial charge on any atom is 0.0234 e. The Bertz CT molecular complexity index is 332. The molecule has 0 amide bonds. The van der Waals surface area contributed by atoms with Gasteiger partial charge in [-0.1, -0.05) is 44.2 Å². The van der Waals surface area contributed by atoms with Gasteiger partial charge in [-0.2, -0.15) is 0 Å². The maximum absolute atomic E-state index is 6.11. The number of nitrogens with two attached hydrogens (primary N) is 1. The van der Waals surface area contributed by atoms with Crippen molar-refractivity contribution in [2.75, 3.05) is 13.1 Å². The van der Waals surface area contributed by atoms with Gasteiger partial charge in [0.15, 0.2) is 0 Å². The van der Waals surface area contributed by atoms with E-state index in [-0.39, 0.29) is 0 Å². The molecule has 1 atom stereocenters. The molecule has 1 aromatic carbocycles. The summed E-state index contributed by atoms with van der Waals surface area (Å²) in [6.07, 6.45) is 1.14. The minimum absolute atomic E-state index is 0.326. The van der Waals surface area contributed by atoms with E-state index in [1.54, 1.807) is 0 Å². The fourth-order valence-corrected chi connectivity index (χ4v) is 2.80. The molecule has 0 aliphatic carbocycles. The van der Waals surface area contributed by atoms with Gasteiger partial charge in [0.1, 0.15) is 0 Å². The van der Waals surface area contributed by atoms with Gasteiger partial charge in [0.25, 0.3) is 0 Å². The van der Waals surface area contributed by atoms with Crippen molar-refractivity contribution in [3.05, 3.63) is 35.9 Å². The molecule has 1 aromatic rings. The Labute approximate surface area is 98.4 Å². The number of hydrogen-bond donors (Lipinski definition) is 1. The highest BCUT2D eigenvalue weighted by Gasteiger charge is 2.30. The third kappa shape index (κ3) is 3.06. The Kier molecular flexibility index (Phi) is 3.31. The Hall–Kier alpha value is -0.860. The summed E-state index contributed by atoms with van der Waals surface area (Å²) in [6, 6.07) is 11.0. The Morgan fingerprint density at radius 1 is 1.31 bits per heavy atom. The van der Waals surface area contributed by atoms with E-state index >= 15 is 0 Å². The molecular formula is C14H22N2. The number of piperidine rings is 1. The number of hydrogen-bond acceptors (Lipinski definition) is 2. The van der Waals surface area contributed by atoms with E-state index < -0.39 is 0 Å². The highest BCUT2D eigenvalue weighted by Crippen LogP contribution is 2.28. The lowest BCUT2D eigenvalue weighted by molar-refractivity contribution is 0.0960. The molecule has 1 aliphatic rings. The Balaban J connectivity index is 2.00. The molecule has 0 bridgehead atoms. The van der Waals surface area contributed by atoms with Crippen LogP contribution in [0.3, 0.4) is 0 Å². The van der Waals surface area contributed by atoms with Crippen LogP contribution in [-0.4, -0.2) is 24.0 Å². The molecule has 0 unspecified atom stereocenters. The first kappa shape index (κ1) is 11.6. The smallest absolute Gasteiger partial charge is 0.0234 e. The van der Waals surface area contributed by atoms with Crippen LogP contribution >= 0.6 is 0 Å². The highest BCUT2D eigenvalue weighted by atomic mass is 15.2. The average molecular weight is 218 g/mol. The fourth-order valence-electron chi connectivity index (χ4n) is 2.80. The van der Waals surface area contributed by atoms with E-state index in [1.165, 1.54) is 5.56 Å². The largest absolute Gasteiger partial charge is 0.327 e. The number of nitrogens with zero attached hydrogens (tertiary/aromatic N) is 1. The third-order valence-corrected chi connectivity index (χ3v) is 3.21. The molecule has 1 fully saturated rings. The number of benzene rings is 1. The molecule has 88 valence electrons. The van der Waals surface area contributed by atoms with Crippen LogP contribution in [0.1, 0.15) is 25.8 Å². The van der Waals surface area contributed by atoms with Crippen molar-refractivity contribution in [2.24, 2.45) is 11.1 Å². The Morgan fingerprint density at radius 3 is 2.62 bits per heavy atom. The van der Waals surface area contributed by atoms with Crippen molar-refractivity contribution in [1.29, 1.82) is 0 Å². The lowest BCUT2D eigenvalue weighted by atomic mass is 9.82. The number of rotatable bonds is 2. The summed E-state index contributed by atoms with van der Waals surface area (Å²) in [5, 5.41) is 0. The van der Waals surface area contributed by atoms with E-state index in [1.807, 2.05) is 0 Å². The van der Waals surface area contributed by atoms with E-state index in [0.717, 1.165) is 26.1 Å². The van der Waals surface area contributed by atoms with Crippen LogP contribution in [0.15, 0.2) is 30.3 Å². The second-order valence-corrected chi connectivity index (χ2v) is 5.78. The summed E-state index contributed by atoms with van der Waals surface area (Å²) in [5.74, 6) is 0. The molecule has 2 rings (SSSR count). The van der Waals surface area contributed by atoms with Crippen molar-refractivity contribution in [1.82, 2.24) is 4.90 Å². The summed E-state index contributed by atoms with van der Waals surface area (Å²) in [5.41, 5.74) is 7.85. The van der Waals surface area contributed by atoms with Crippen LogP contribution in [0.4, 0.5) is 0 Å². The summed E-state index contributed by atoms with van der Waals surface area (Å²) >= 11 is 0. The zero-order valence-corrected chi connectivity index (χ0v) is 10.3. The van der Waals surface area contributed by atoms with E-state index in [0.29, 0.717) is 11.5 Å². The number of likely N-dealkylation sites (tertiary alicyclic amines) is 1. The van der Waals surface area contributed by atoms with Gasteiger partial charge < -0.3 is 5.73 Å². The van der Waals surface area contributed by atoms with Crippen LogP contribution in [0.5, 0.6) is 0 Å². The Morgan fingerprint density at radius 2 is 2.00 bits per heavy atom. The predicted octanol–water partition coefficient (Wildman–Crippen LogP) is 2.25. The maximum atomic E-state index is 6.11. The summed E-state index contributed by atoms with van der Waals surface area (Å²) in [4.78, 5) is 2.48. The zero-order chi connectivity index (χ0) is 11.6. The van der Waals surface area contributed by atoms with Crippen molar-refractivity contribution in [2.45, 2.75) is 32.9 Å². The normalized spacial score (nSPS) is 25.6. The quantitative estimate of drug-likeness (QED) is 0.825. The van der Waals surface area contributed by atoms with Crippen molar-refractivity contribution in [3.8, 4) is 0 Å². The molecule has 2 N–H and O–H groups in total. The first-order chi connectivity index (χ1) is 7.55. The van der Waals surface area contributed by atoms with E-state index in [2.05, 4.69) is 49.1 Å². The van der Waals surface area contributed by atoms with Crippen LogP contribution < -0.4 is 5.73 Å². The van der Waals surface area contributed by atoms with Gasteiger partial charge in [0.2, 0.25) is 0 Å². The molecule has 0 radical (unpaired) electrons. The van der Waals surface area contributed by atoms with Gasteiger partial charge in [-0.3, -0.25) is 4.90 Å². The van der Waals surface area contributed by atoms with E-state index in [9.17, 15) is 0 Å². The second kappa shape index (κ2) is 4.56. The summed E-state index contributed by atoms with van der Waals surface area (Å²) in [6.45, 7) is 7.82. The first-order valence-corrected chi connectivity index (χ1v) is 6.07. The lowest BCUT2D eigenvalue weighted by Gasteiger charge is -2.41. The van der Waals surface area contributed by atoms with Gasteiger partial charge >= 0.3 is 0 Å². The standard InChI is InChI=1S/C14H22N2/c1-14(2)8-13(15)10-16(11-14)9-12-6-4-3-5-7-12/h3-7,13H,8-11,15H2,1-2H3/t13-/m0/s1. The second-order valence-electron chi connectivity index (χ2n) is 5.78. The van der Waals surface area contributed by atoms with Crippen LogP contribution in [0.25, 0.3) is 0 Å². The topological polar surface area (TPSA) is 29.3 Å². The SMILES string of the molecule is CC1(C)C[C@H](N)CN(Cc2ccccc2)C1. The highest BCUT2D eigenvalue weighted by molar-refractivity contribution is 5.14. The molecular weight excluding hydrogens is 196 g/mol. The first-order valence-electron chi connectivity index (χ1n) is 6.07. The molecule has 1 heterocycles. The molecule has 0 aromatic heterocycles. The van der Waals surface area contributed by atoms with E-state index in [4.69, 9.17) is 5.73 Å². The molecule has 1 saturated heterocycles. The monoisotopic (exact) mass is 218 g/mol. The van der Waals surface area contributed by atoms with Gasteiger partial charge in [-0.25, -0.2) is 0 Å². The van der Waals surface area contributed by atoms with Gasteiger partial charge in [-0.05, 0) is 17.4 Å². The van der Waals surface area contributed by atoms with Gasteiger partial charge in [0, 0.05) is 25.7 Å². The summed E-state index contributed by atoms with van der Waals surface area (Å²) in [7, 11) is 0. The van der Waals surface area contributed by atoms with Crippen LogP contribution in [0, 0.1) is 5.41 Å². The van der Waals surface area contributed by atoms with Gasteiger partial charge in [0.05, 0.1) is 0 Å². The molecule has 2 heteroatoms. The van der Waals surface area contributed by atoms with Crippen LogP contribution in [0.2, 0.25) is 0 Å². The fraction of sp³-hybridized carbons (Fsp3) is 0.571. The predicted molar refractivity (Wildman–Crippen MR) is 68.1 cm³/mol. The molecule has 2 nitrogen and oxygen atoms in total. The molecule has 1 aliphatic heterocycles. The minimum Gasteiger partial charge on any atom is -0.327 e. The van der Waals surface area contributed by atoms with Crippen molar-refractivity contribution in [3.63, 3.8) is 0 Å². The molecule has 16 heavy (non-hydrogen) atoms. The lowest BCUT2D eigenvalue weighted by Crippen LogP contribution is -2.49. The average Bonchev–Trinajstić information content (AvgIpc) is 2.15. The zero-order valence-electron chi connectivity index (χ0n) is 10.3. The third-order valence-electron chi connectivity index (χ3n) is 3.21. The van der Waals surface area contributed by atoms with Crippen LogP contribution in [-0.2, 0) is 6.54 Å². The van der Waals surface area contributed by atoms with Crippen molar-refractivity contribution >= 4 is 0 Å². The van der Waals surface area contributed by atoms with Crippen molar-refractivity contribution < 1.29 is 0 Å². The molecule has 0 saturated carbocycles. The molecule has 0 spiro atoms. The summed E-state index contributed by atoms with van der Waals surface area (Å²) < 4.78 is 0. The minimum atomic E-state index is 0.326.